The summed E-state index contributed by atoms with van der Waals surface area (Å²) in [6.07, 6.45) is 6.52. The van der Waals surface area contributed by atoms with Gasteiger partial charge in [0.05, 0.1) is 6.20 Å². The van der Waals surface area contributed by atoms with Crippen LogP contribution in [0.25, 0.3) is 0 Å². The Labute approximate surface area is 90.7 Å². The van der Waals surface area contributed by atoms with Crippen LogP contribution in [0, 0.1) is 5.41 Å². The van der Waals surface area contributed by atoms with Crippen LogP contribution in [-0.2, 0) is 0 Å². The summed E-state index contributed by atoms with van der Waals surface area (Å²) in [7, 11) is 2.01. The molecule has 0 aliphatic carbocycles. The van der Waals surface area contributed by atoms with E-state index in [0.29, 0.717) is 5.41 Å². The molecule has 1 aliphatic rings. The highest BCUT2D eigenvalue weighted by molar-refractivity contribution is 5.37. The van der Waals surface area contributed by atoms with E-state index in [1.807, 2.05) is 13.2 Å². The lowest BCUT2D eigenvalue weighted by molar-refractivity contribution is 0.355. The summed E-state index contributed by atoms with van der Waals surface area (Å²) in [5.74, 6) is 0.998. The quantitative estimate of drug-likeness (QED) is 0.798. The first-order valence-electron chi connectivity index (χ1n) is 5.39. The van der Waals surface area contributed by atoms with Gasteiger partial charge in [0.1, 0.15) is 5.82 Å². The van der Waals surface area contributed by atoms with Gasteiger partial charge in [-0.2, -0.15) is 0 Å². The van der Waals surface area contributed by atoms with Crippen molar-refractivity contribution in [3.05, 3.63) is 18.6 Å². The lowest BCUT2D eigenvalue weighted by atomic mass is 9.90. The first-order valence-corrected chi connectivity index (χ1v) is 5.39. The molecule has 4 nitrogen and oxygen atoms in total. The molecule has 0 bridgehead atoms. The first kappa shape index (κ1) is 10.4. The molecule has 0 radical (unpaired) electrons. The highest BCUT2D eigenvalue weighted by Gasteiger charge is 2.33. The van der Waals surface area contributed by atoms with E-state index in [4.69, 9.17) is 0 Å². The van der Waals surface area contributed by atoms with Crippen molar-refractivity contribution in [1.29, 1.82) is 0 Å². The van der Waals surface area contributed by atoms with Crippen molar-refractivity contribution in [2.75, 3.05) is 31.6 Å². The molecule has 0 saturated carbocycles. The maximum absolute atomic E-state index is 4.33. The van der Waals surface area contributed by atoms with E-state index in [-0.39, 0.29) is 0 Å². The zero-order valence-corrected chi connectivity index (χ0v) is 9.40. The largest absolute Gasteiger partial charge is 0.355 e. The number of hydrogen-bond acceptors (Lipinski definition) is 4. The number of aromatic nitrogens is 2. The summed E-state index contributed by atoms with van der Waals surface area (Å²) in [5.41, 5.74) is 0.367. The van der Waals surface area contributed by atoms with Gasteiger partial charge in [0.15, 0.2) is 0 Å². The van der Waals surface area contributed by atoms with Crippen molar-refractivity contribution in [2.24, 2.45) is 5.41 Å². The van der Waals surface area contributed by atoms with Gasteiger partial charge in [-0.05, 0) is 18.9 Å². The van der Waals surface area contributed by atoms with Gasteiger partial charge in [0.25, 0.3) is 0 Å². The molecule has 1 aliphatic heterocycles. The van der Waals surface area contributed by atoms with E-state index in [2.05, 4.69) is 27.1 Å². The lowest BCUT2D eigenvalue weighted by Gasteiger charge is -2.24. The van der Waals surface area contributed by atoms with Crippen LogP contribution >= 0.6 is 0 Å². The molecule has 2 heterocycles. The average Bonchev–Trinajstić information content (AvgIpc) is 2.63. The fraction of sp³-hybridized carbons (Fsp3) is 0.636. The van der Waals surface area contributed by atoms with Crippen molar-refractivity contribution in [1.82, 2.24) is 15.3 Å². The number of rotatable bonds is 3. The Morgan fingerprint density at radius 2 is 2.40 bits per heavy atom. The Hall–Kier alpha value is -1.16. The van der Waals surface area contributed by atoms with Crippen LogP contribution in [-0.4, -0.2) is 36.6 Å². The van der Waals surface area contributed by atoms with Crippen LogP contribution in [0.2, 0.25) is 0 Å². The van der Waals surface area contributed by atoms with Crippen molar-refractivity contribution < 1.29 is 0 Å². The average molecular weight is 206 g/mol. The monoisotopic (exact) mass is 206 g/mol. The third-order valence-corrected chi connectivity index (χ3v) is 3.03. The third kappa shape index (κ3) is 2.26. The Balaban J connectivity index is 2.04. The fourth-order valence-electron chi connectivity index (χ4n) is 2.24. The fourth-order valence-corrected chi connectivity index (χ4v) is 2.24. The molecule has 1 fully saturated rings. The molecule has 1 unspecified atom stereocenters. The highest BCUT2D eigenvalue weighted by Crippen LogP contribution is 2.31. The summed E-state index contributed by atoms with van der Waals surface area (Å²) >= 11 is 0. The van der Waals surface area contributed by atoms with Crippen LogP contribution in [0.4, 0.5) is 5.82 Å². The molecular formula is C11H18N4. The van der Waals surface area contributed by atoms with Crippen LogP contribution < -0.4 is 10.2 Å². The minimum Gasteiger partial charge on any atom is -0.355 e. The zero-order valence-electron chi connectivity index (χ0n) is 9.40. The molecule has 1 N–H and O–H groups in total. The minimum atomic E-state index is 0.367. The summed E-state index contributed by atoms with van der Waals surface area (Å²) in [6.45, 7) is 5.52. The van der Waals surface area contributed by atoms with Crippen LogP contribution in [0.1, 0.15) is 13.3 Å². The van der Waals surface area contributed by atoms with Crippen LogP contribution in [0.15, 0.2) is 18.6 Å². The van der Waals surface area contributed by atoms with E-state index in [9.17, 15) is 0 Å². The van der Waals surface area contributed by atoms with Crippen molar-refractivity contribution in [3.63, 3.8) is 0 Å². The number of nitrogens with zero attached hydrogens (tertiary/aromatic N) is 3. The molecule has 0 aromatic carbocycles. The predicted octanol–water partition coefficient (Wildman–Crippen LogP) is 0.912. The molecule has 0 spiro atoms. The molecule has 1 aromatic rings. The van der Waals surface area contributed by atoms with Gasteiger partial charge in [-0.25, -0.2) is 4.98 Å². The van der Waals surface area contributed by atoms with Crippen molar-refractivity contribution in [3.8, 4) is 0 Å². The van der Waals surface area contributed by atoms with E-state index >= 15 is 0 Å². The minimum absolute atomic E-state index is 0.367. The molecule has 1 atom stereocenters. The van der Waals surface area contributed by atoms with Crippen LogP contribution in [0.5, 0.6) is 0 Å². The Bertz CT molecular complexity index is 314. The molecule has 15 heavy (non-hydrogen) atoms. The van der Waals surface area contributed by atoms with E-state index in [1.54, 1.807) is 12.4 Å². The molecule has 4 heteroatoms. The zero-order chi connectivity index (χ0) is 10.7. The standard InChI is InChI=1S/C11H18N4/c1-11(8-12-2)3-6-15(9-11)10-7-13-4-5-14-10/h4-5,7,12H,3,6,8-9H2,1-2H3. The topological polar surface area (TPSA) is 41.0 Å². The smallest absolute Gasteiger partial charge is 0.147 e. The number of hydrogen-bond donors (Lipinski definition) is 1. The third-order valence-electron chi connectivity index (χ3n) is 3.03. The van der Waals surface area contributed by atoms with Crippen molar-refractivity contribution >= 4 is 5.82 Å². The molecule has 0 amide bonds. The van der Waals surface area contributed by atoms with Gasteiger partial charge in [0.2, 0.25) is 0 Å². The maximum atomic E-state index is 4.33. The highest BCUT2D eigenvalue weighted by atomic mass is 15.2. The van der Waals surface area contributed by atoms with Gasteiger partial charge in [-0.3, -0.25) is 4.98 Å². The molecule has 1 saturated heterocycles. The Morgan fingerprint density at radius 3 is 3.07 bits per heavy atom. The van der Waals surface area contributed by atoms with Gasteiger partial charge < -0.3 is 10.2 Å². The summed E-state index contributed by atoms with van der Waals surface area (Å²) < 4.78 is 0. The maximum Gasteiger partial charge on any atom is 0.147 e. The van der Waals surface area contributed by atoms with E-state index in [0.717, 1.165) is 25.5 Å². The summed E-state index contributed by atoms with van der Waals surface area (Å²) in [6, 6.07) is 0. The van der Waals surface area contributed by atoms with Gasteiger partial charge >= 0.3 is 0 Å². The van der Waals surface area contributed by atoms with Gasteiger partial charge in [-0.1, -0.05) is 6.92 Å². The second kappa shape index (κ2) is 4.14. The lowest BCUT2D eigenvalue weighted by Crippen LogP contribution is -2.33. The second-order valence-electron chi connectivity index (χ2n) is 4.58. The second-order valence-corrected chi connectivity index (χ2v) is 4.58. The van der Waals surface area contributed by atoms with E-state index in [1.165, 1.54) is 6.42 Å². The number of nitrogens with one attached hydrogen (secondary N) is 1. The van der Waals surface area contributed by atoms with Gasteiger partial charge in [0, 0.05) is 32.0 Å². The van der Waals surface area contributed by atoms with Crippen LogP contribution in [0.3, 0.4) is 0 Å². The SMILES string of the molecule is CNCC1(C)CCN(c2cnccn2)C1. The molecule has 2 rings (SSSR count). The summed E-state index contributed by atoms with van der Waals surface area (Å²) in [5, 5.41) is 3.26. The summed E-state index contributed by atoms with van der Waals surface area (Å²) in [4.78, 5) is 10.7. The molecular weight excluding hydrogens is 188 g/mol. The Morgan fingerprint density at radius 1 is 1.53 bits per heavy atom. The number of anilines is 1. The van der Waals surface area contributed by atoms with Gasteiger partial charge in [-0.15, -0.1) is 0 Å². The normalized spacial score (nSPS) is 25.9. The van der Waals surface area contributed by atoms with E-state index < -0.39 is 0 Å². The Kier molecular flexibility index (Phi) is 2.86. The molecule has 82 valence electrons. The first-order chi connectivity index (χ1) is 7.23. The van der Waals surface area contributed by atoms with Crippen molar-refractivity contribution in [2.45, 2.75) is 13.3 Å². The molecule has 1 aromatic heterocycles. The predicted molar refractivity (Wildman–Crippen MR) is 60.9 cm³/mol.